The Hall–Kier alpha value is -0.720. The van der Waals surface area contributed by atoms with Crippen molar-refractivity contribution in [3.05, 3.63) is 22.8 Å². The Morgan fingerprint density at radius 3 is 2.91 bits per heavy atom. The Morgan fingerprint density at radius 1 is 1.73 bits per heavy atom. The maximum atomic E-state index is 8.50. The fourth-order valence-corrected chi connectivity index (χ4v) is 1.26. The molecule has 1 aromatic rings. The minimum absolute atomic E-state index is 0.421. The normalized spacial score (nSPS) is 9.18. The summed E-state index contributed by atoms with van der Waals surface area (Å²) in [6, 6.07) is 3.63. The van der Waals surface area contributed by atoms with Gasteiger partial charge in [-0.25, -0.2) is 4.98 Å². The fraction of sp³-hybridized carbons (Fsp3) is 0.143. The Morgan fingerprint density at radius 2 is 2.45 bits per heavy atom. The Kier molecular flexibility index (Phi) is 2.75. The van der Waals surface area contributed by atoms with E-state index in [1.165, 1.54) is 18.0 Å². The van der Waals surface area contributed by atoms with E-state index in [0.717, 1.165) is 5.03 Å². The number of hydrogen-bond donors (Lipinski definition) is 0. The van der Waals surface area contributed by atoms with Crippen LogP contribution in [0.15, 0.2) is 17.3 Å². The summed E-state index contributed by atoms with van der Waals surface area (Å²) in [5.41, 5.74) is 0.421. The summed E-state index contributed by atoms with van der Waals surface area (Å²) in [4.78, 5) is 3.98. The van der Waals surface area contributed by atoms with Gasteiger partial charge in [0.25, 0.3) is 0 Å². The summed E-state index contributed by atoms with van der Waals surface area (Å²) in [7, 11) is 0. The molecule has 4 heteroatoms. The van der Waals surface area contributed by atoms with Crippen LogP contribution in [0.1, 0.15) is 5.56 Å². The molecule has 1 aromatic heterocycles. The van der Waals surface area contributed by atoms with Gasteiger partial charge in [-0.2, -0.15) is 5.26 Å². The zero-order valence-corrected chi connectivity index (χ0v) is 7.41. The molecule has 0 saturated heterocycles. The molecule has 0 bridgehead atoms. The highest BCUT2D eigenvalue weighted by atomic mass is 35.5. The van der Waals surface area contributed by atoms with Crippen LogP contribution in [0.4, 0.5) is 0 Å². The Labute approximate surface area is 74.2 Å². The largest absolute Gasteiger partial charge is 0.248 e. The van der Waals surface area contributed by atoms with Crippen LogP contribution in [-0.2, 0) is 0 Å². The molecule has 0 fully saturated rings. The lowest BCUT2D eigenvalue weighted by atomic mass is 10.3. The molecule has 1 heterocycles. The molecule has 0 saturated carbocycles. The zero-order valence-electron chi connectivity index (χ0n) is 5.84. The number of nitrogens with zero attached hydrogens (tertiary/aromatic N) is 2. The number of pyridine rings is 1. The number of thioether (sulfide) groups is 1. The molecule has 0 aliphatic rings. The summed E-state index contributed by atoms with van der Waals surface area (Å²) >= 11 is 7.23. The first-order valence-corrected chi connectivity index (χ1v) is 4.48. The van der Waals surface area contributed by atoms with Crippen LogP contribution in [-0.4, -0.2) is 11.2 Å². The van der Waals surface area contributed by atoms with Gasteiger partial charge in [-0.05, 0) is 12.3 Å². The molecule has 0 spiro atoms. The summed E-state index contributed by atoms with van der Waals surface area (Å²) in [6.07, 6.45) is 3.39. The van der Waals surface area contributed by atoms with E-state index in [2.05, 4.69) is 4.98 Å². The predicted molar refractivity (Wildman–Crippen MR) is 45.7 cm³/mol. The molecule has 1 rings (SSSR count). The highest BCUT2D eigenvalue weighted by molar-refractivity contribution is 7.98. The molecule has 0 aromatic carbocycles. The van der Waals surface area contributed by atoms with Crippen molar-refractivity contribution in [1.29, 1.82) is 5.26 Å². The monoisotopic (exact) mass is 184 g/mol. The van der Waals surface area contributed by atoms with Crippen LogP contribution in [0.2, 0.25) is 5.02 Å². The summed E-state index contributed by atoms with van der Waals surface area (Å²) < 4.78 is 0. The van der Waals surface area contributed by atoms with E-state index >= 15 is 0 Å². The quantitative estimate of drug-likeness (QED) is 0.629. The number of halogens is 1. The van der Waals surface area contributed by atoms with Gasteiger partial charge in [-0.3, -0.25) is 0 Å². The lowest BCUT2D eigenvalue weighted by Crippen LogP contribution is -1.82. The molecule has 0 aliphatic heterocycles. The van der Waals surface area contributed by atoms with Crippen LogP contribution < -0.4 is 0 Å². The number of nitriles is 1. The molecule has 0 unspecified atom stereocenters. The van der Waals surface area contributed by atoms with E-state index < -0.39 is 0 Å². The van der Waals surface area contributed by atoms with Gasteiger partial charge >= 0.3 is 0 Å². The van der Waals surface area contributed by atoms with Gasteiger partial charge in [0.2, 0.25) is 0 Å². The second kappa shape index (κ2) is 3.61. The molecule has 56 valence electrons. The zero-order chi connectivity index (χ0) is 8.27. The van der Waals surface area contributed by atoms with E-state index in [1.807, 2.05) is 12.3 Å². The molecule has 2 nitrogen and oxygen atoms in total. The van der Waals surface area contributed by atoms with Crippen LogP contribution in [0.25, 0.3) is 0 Å². The second-order valence-corrected chi connectivity index (χ2v) is 3.05. The maximum absolute atomic E-state index is 8.50. The molecule has 0 aliphatic carbocycles. The highest BCUT2D eigenvalue weighted by Crippen LogP contribution is 2.19. The van der Waals surface area contributed by atoms with Gasteiger partial charge < -0.3 is 0 Å². The van der Waals surface area contributed by atoms with Crippen LogP contribution in [0.5, 0.6) is 0 Å². The van der Waals surface area contributed by atoms with Crippen molar-refractivity contribution in [1.82, 2.24) is 4.98 Å². The molecular weight excluding hydrogens is 180 g/mol. The van der Waals surface area contributed by atoms with Gasteiger partial charge in [-0.15, -0.1) is 11.8 Å². The van der Waals surface area contributed by atoms with Crippen molar-refractivity contribution in [2.75, 3.05) is 6.26 Å². The number of rotatable bonds is 1. The van der Waals surface area contributed by atoms with E-state index in [4.69, 9.17) is 16.9 Å². The number of hydrogen-bond acceptors (Lipinski definition) is 3. The van der Waals surface area contributed by atoms with E-state index in [1.54, 1.807) is 6.07 Å². The minimum atomic E-state index is 0.421. The number of aromatic nitrogens is 1. The molecule has 11 heavy (non-hydrogen) atoms. The minimum Gasteiger partial charge on any atom is -0.248 e. The molecular formula is C7H5ClN2S. The fourth-order valence-electron chi connectivity index (χ4n) is 0.607. The summed E-state index contributed by atoms with van der Waals surface area (Å²) in [6.45, 7) is 0. The van der Waals surface area contributed by atoms with Gasteiger partial charge in [0.05, 0.1) is 15.6 Å². The van der Waals surface area contributed by atoms with Crippen molar-refractivity contribution >= 4 is 23.4 Å². The van der Waals surface area contributed by atoms with Crippen molar-refractivity contribution < 1.29 is 0 Å². The van der Waals surface area contributed by atoms with Crippen molar-refractivity contribution in [2.24, 2.45) is 0 Å². The lowest BCUT2D eigenvalue weighted by molar-refractivity contribution is 1.13. The van der Waals surface area contributed by atoms with Crippen molar-refractivity contribution in [3.63, 3.8) is 0 Å². The third-order valence-electron chi connectivity index (χ3n) is 1.16. The molecule has 0 atom stereocenters. The molecule has 0 radical (unpaired) electrons. The lowest BCUT2D eigenvalue weighted by Gasteiger charge is -1.96. The van der Waals surface area contributed by atoms with Crippen LogP contribution in [0, 0.1) is 11.3 Å². The third-order valence-corrected chi connectivity index (χ3v) is 2.11. The Bertz CT molecular complexity index is 306. The first-order chi connectivity index (χ1) is 5.27. The first-order valence-electron chi connectivity index (χ1n) is 2.87. The van der Waals surface area contributed by atoms with Gasteiger partial charge in [0, 0.05) is 6.20 Å². The van der Waals surface area contributed by atoms with Crippen molar-refractivity contribution in [3.8, 4) is 6.07 Å². The highest BCUT2D eigenvalue weighted by Gasteiger charge is 2.00. The summed E-state index contributed by atoms with van der Waals surface area (Å²) in [5.74, 6) is 0. The van der Waals surface area contributed by atoms with E-state index in [-0.39, 0.29) is 0 Å². The first kappa shape index (κ1) is 8.38. The van der Waals surface area contributed by atoms with Crippen LogP contribution in [0.3, 0.4) is 0 Å². The predicted octanol–water partition coefficient (Wildman–Crippen LogP) is 2.33. The second-order valence-electron chi connectivity index (χ2n) is 1.82. The summed E-state index contributed by atoms with van der Waals surface area (Å²) in [5, 5.41) is 9.79. The Balaban J connectivity index is 3.12. The van der Waals surface area contributed by atoms with Crippen molar-refractivity contribution in [2.45, 2.75) is 5.03 Å². The third kappa shape index (κ3) is 1.86. The SMILES string of the molecule is CSc1cc(Cl)c(C#N)cn1. The van der Waals surface area contributed by atoms with Crippen LogP contribution >= 0.6 is 23.4 Å². The van der Waals surface area contributed by atoms with Gasteiger partial charge in [0.15, 0.2) is 0 Å². The topological polar surface area (TPSA) is 36.7 Å². The maximum Gasteiger partial charge on any atom is 0.102 e. The standard InChI is InChI=1S/C7H5ClN2S/c1-11-7-2-6(8)5(3-9)4-10-7/h2,4H,1H3. The van der Waals surface area contributed by atoms with E-state index in [0.29, 0.717) is 10.6 Å². The molecule has 0 amide bonds. The van der Waals surface area contributed by atoms with Gasteiger partial charge in [0.1, 0.15) is 6.07 Å². The van der Waals surface area contributed by atoms with Gasteiger partial charge in [-0.1, -0.05) is 11.6 Å². The van der Waals surface area contributed by atoms with E-state index in [9.17, 15) is 0 Å². The molecule has 0 N–H and O–H groups in total. The smallest absolute Gasteiger partial charge is 0.102 e. The average molecular weight is 185 g/mol. The average Bonchev–Trinajstić information content (AvgIpc) is 2.04.